The smallest absolute Gasteiger partial charge is 0.284 e. The lowest BCUT2D eigenvalue weighted by molar-refractivity contribution is 0.0785. The van der Waals surface area contributed by atoms with Gasteiger partial charge in [0, 0.05) is 11.9 Å². The zero-order valence-electron chi connectivity index (χ0n) is 9.38. The maximum atomic E-state index is 12.0. The second kappa shape index (κ2) is 4.76. The van der Waals surface area contributed by atoms with Crippen molar-refractivity contribution in [2.24, 2.45) is 0 Å². The number of hydrogen-bond acceptors (Lipinski definition) is 7. The summed E-state index contributed by atoms with van der Waals surface area (Å²) in [6.45, 7) is 2.45. The molecule has 2 rings (SSSR count). The third kappa shape index (κ3) is 2.59. The van der Waals surface area contributed by atoms with E-state index in [9.17, 15) is 4.79 Å². The summed E-state index contributed by atoms with van der Waals surface area (Å²) >= 11 is 2.63. The summed E-state index contributed by atoms with van der Waals surface area (Å²) in [5.74, 6) is -0.174. The van der Waals surface area contributed by atoms with Gasteiger partial charge in [-0.1, -0.05) is 11.3 Å². The largest absolute Gasteiger partial charge is 0.374 e. The molecule has 2 heterocycles. The molecular formula is C9H11N5OS2. The molecule has 0 aromatic carbocycles. The first kappa shape index (κ1) is 11.9. The lowest BCUT2D eigenvalue weighted by Crippen LogP contribution is -2.26. The molecule has 0 bridgehead atoms. The average molecular weight is 269 g/mol. The molecule has 0 saturated heterocycles. The minimum atomic E-state index is -0.174. The number of carbonyl (C=O) groups is 1. The maximum absolute atomic E-state index is 12.0. The third-order valence-corrected chi connectivity index (χ3v) is 3.86. The Morgan fingerprint density at radius 3 is 2.82 bits per heavy atom. The highest BCUT2D eigenvalue weighted by Crippen LogP contribution is 2.17. The Kier molecular flexibility index (Phi) is 3.34. The van der Waals surface area contributed by atoms with Gasteiger partial charge in [-0.15, -0.1) is 21.5 Å². The van der Waals surface area contributed by atoms with Crippen LogP contribution in [0, 0.1) is 6.92 Å². The first-order valence-electron chi connectivity index (χ1n) is 4.81. The fourth-order valence-electron chi connectivity index (χ4n) is 1.25. The van der Waals surface area contributed by atoms with Crippen molar-refractivity contribution in [2.75, 3.05) is 12.8 Å². The second-order valence-corrected chi connectivity index (χ2v) is 5.42. The van der Waals surface area contributed by atoms with E-state index >= 15 is 0 Å². The van der Waals surface area contributed by atoms with Gasteiger partial charge in [-0.2, -0.15) is 0 Å². The minimum Gasteiger partial charge on any atom is -0.374 e. The number of nitrogen functional groups attached to an aromatic ring is 1. The number of rotatable bonds is 3. The minimum absolute atomic E-state index is 0.174. The number of nitrogens with zero attached hydrogens (tertiary/aromatic N) is 4. The van der Waals surface area contributed by atoms with Gasteiger partial charge in [0.25, 0.3) is 5.91 Å². The number of nitrogens with two attached hydrogens (primary N) is 1. The van der Waals surface area contributed by atoms with Crippen LogP contribution in [0.15, 0.2) is 5.51 Å². The summed E-state index contributed by atoms with van der Waals surface area (Å²) in [5.41, 5.74) is 8.16. The second-order valence-electron chi connectivity index (χ2n) is 3.47. The van der Waals surface area contributed by atoms with Crippen molar-refractivity contribution in [2.45, 2.75) is 13.5 Å². The summed E-state index contributed by atoms with van der Waals surface area (Å²) in [6.07, 6.45) is 0. The van der Waals surface area contributed by atoms with Gasteiger partial charge >= 0.3 is 0 Å². The van der Waals surface area contributed by atoms with Gasteiger partial charge in [0.15, 0.2) is 0 Å². The standard InChI is InChI=1S/C9H11N5OS2/c1-5-6(16-4-11-5)3-14(2)8(15)7-12-13-9(10)17-7/h4H,3H2,1-2H3,(H2,10,13). The summed E-state index contributed by atoms with van der Waals surface area (Å²) in [5, 5.41) is 7.97. The van der Waals surface area contributed by atoms with E-state index < -0.39 is 0 Å². The zero-order chi connectivity index (χ0) is 12.4. The van der Waals surface area contributed by atoms with E-state index in [4.69, 9.17) is 5.73 Å². The Balaban J connectivity index is 2.08. The Morgan fingerprint density at radius 1 is 1.53 bits per heavy atom. The molecule has 6 nitrogen and oxygen atoms in total. The molecule has 90 valence electrons. The van der Waals surface area contributed by atoms with Crippen LogP contribution in [-0.2, 0) is 6.54 Å². The molecule has 0 aliphatic heterocycles. The van der Waals surface area contributed by atoms with Crippen molar-refractivity contribution in [3.63, 3.8) is 0 Å². The fraction of sp³-hybridized carbons (Fsp3) is 0.333. The van der Waals surface area contributed by atoms with Crippen LogP contribution in [0.4, 0.5) is 5.13 Å². The highest BCUT2D eigenvalue weighted by molar-refractivity contribution is 7.16. The van der Waals surface area contributed by atoms with Crippen molar-refractivity contribution in [1.29, 1.82) is 0 Å². The van der Waals surface area contributed by atoms with E-state index in [1.807, 2.05) is 6.92 Å². The molecule has 2 N–H and O–H groups in total. The van der Waals surface area contributed by atoms with Gasteiger partial charge in [0.2, 0.25) is 10.1 Å². The summed E-state index contributed by atoms with van der Waals surface area (Å²) < 4.78 is 0. The molecule has 17 heavy (non-hydrogen) atoms. The Morgan fingerprint density at radius 2 is 2.29 bits per heavy atom. The predicted molar refractivity (Wildman–Crippen MR) is 67.0 cm³/mol. The lowest BCUT2D eigenvalue weighted by atomic mass is 10.3. The van der Waals surface area contributed by atoms with Crippen molar-refractivity contribution in [3.05, 3.63) is 21.1 Å². The number of thiazole rings is 1. The summed E-state index contributed by atoms with van der Waals surface area (Å²) in [7, 11) is 1.72. The van der Waals surface area contributed by atoms with Gasteiger partial charge < -0.3 is 10.6 Å². The molecule has 8 heteroatoms. The van der Waals surface area contributed by atoms with E-state index in [0.29, 0.717) is 16.7 Å². The molecular weight excluding hydrogens is 258 g/mol. The third-order valence-electron chi connectivity index (χ3n) is 2.20. The number of aryl methyl sites for hydroxylation is 1. The molecule has 0 fully saturated rings. The van der Waals surface area contributed by atoms with Crippen LogP contribution in [0.2, 0.25) is 0 Å². The van der Waals surface area contributed by atoms with E-state index in [1.165, 1.54) is 11.3 Å². The Bertz CT molecular complexity index is 535. The van der Waals surface area contributed by atoms with E-state index in [1.54, 1.807) is 17.5 Å². The topological polar surface area (TPSA) is 85.0 Å². The van der Waals surface area contributed by atoms with Crippen LogP contribution in [-0.4, -0.2) is 33.0 Å². The van der Waals surface area contributed by atoms with Crippen LogP contribution in [0.1, 0.15) is 20.4 Å². The Hall–Kier alpha value is -1.54. The van der Waals surface area contributed by atoms with Gasteiger partial charge in [-0.3, -0.25) is 4.79 Å². The molecule has 0 aliphatic carbocycles. The molecule has 0 radical (unpaired) electrons. The van der Waals surface area contributed by atoms with Crippen molar-refractivity contribution in [3.8, 4) is 0 Å². The lowest BCUT2D eigenvalue weighted by Gasteiger charge is -2.14. The molecule has 0 aliphatic rings. The maximum Gasteiger partial charge on any atom is 0.284 e. The van der Waals surface area contributed by atoms with Gasteiger partial charge in [-0.05, 0) is 6.92 Å². The zero-order valence-corrected chi connectivity index (χ0v) is 11.0. The van der Waals surface area contributed by atoms with E-state index in [2.05, 4.69) is 15.2 Å². The molecule has 2 aromatic heterocycles. The van der Waals surface area contributed by atoms with Crippen LogP contribution in [0.3, 0.4) is 0 Å². The number of carbonyl (C=O) groups excluding carboxylic acids is 1. The number of hydrogen-bond donors (Lipinski definition) is 1. The van der Waals surface area contributed by atoms with Crippen molar-refractivity contribution < 1.29 is 4.79 Å². The van der Waals surface area contributed by atoms with Crippen molar-refractivity contribution in [1.82, 2.24) is 20.1 Å². The molecule has 1 amide bonds. The molecule has 2 aromatic rings. The van der Waals surface area contributed by atoms with Crippen LogP contribution in [0.25, 0.3) is 0 Å². The van der Waals surface area contributed by atoms with E-state index in [0.717, 1.165) is 21.9 Å². The fourth-order valence-corrected chi connectivity index (χ4v) is 2.68. The number of aromatic nitrogens is 3. The number of amides is 1. The monoisotopic (exact) mass is 269 g/mol. The summed E-state index contributed by atoms with van der Waals surface area (Å²) in [4.78, 5) is 18.8. The predicted octanol–water partition coefficient (Wildman–Crippen LogP) is 1.16. The van der Waals surface area contributed by atoms with Crippen LogP contribution < -0.4 is 5.73 Å². The van der Waals surface area contributed by atoms with Gasteiger partial charge in [-0.25, -0.2) is 4.98 Å². The highest BCUT2D eigenvalue weighted by atomic mass is 32.1. The normalized spacial score (nSPS) is 10.5. The average Bonchev–Trinajstić information content (AvgIpc) is 2.88. The summed E-state index contributed by atoms with van der Waals surface area (Å²) in [6, 6.07) is 0. The quantitative estimate of drug-likeness (QED) is 0.903. The molecule has 0 saturated carbocycles. The van der Waals surface area contributed by atoms with E-state index in [-0.39, 0.29) is 5.91 Å². The molecule has 0 spiro atoms. The first-order valence-corrected chi connectivity index (χ1v) is 6.51. The first-order chi connectivity index (χ1) is 8.08. The highest BCUT2D eigenvalue weighted by Gasteiger charge is 2.17. The van der Waals surface area contributed by atoms with Crippen LogP contribution in [0.5, 0.6) is 0 Å². The molecule has 0 unspecified atom stereocenters. The van der Waals surface area contributed by atoms with Crippen LogP contribution >= 0.6 is 22.7 Å². The SMILES string of the molecule is Cc1ncsc1CN(C)C(=O)c1nnc(N)s1. The van der Waals surface area contributed by atoms with Gasteiger partial charge in [0.1, 0.15) is 0 Å². The Labute approximate surface area is 106 Å². The van der Waals surface area contributed by atoms with Crippen molar-refractivity contribution >= 4 is 33.7 Å². The number of anilines is 1. The molecule has 0 atom stereocenters. The van der Waals surface area contributed by atoms with Gasteiger partial charge in [0.05, 0.1) is 17.7 Å².